The number of hydrogen-bond acceptors (Lipinski definition) is 3. The highest BCUT2D eigenvalue weighted by molar-refractivity contribution is 6.31. The first-order valence-electron chi connectivity index (χ1n) is 10.4. The van der Waals surface area contributed by atoms with Crippen LogP contribution in [-0.2, 0) is 0 Å². The van der Waals surface area contributed by atoms with Crippen molar-refractivity contribution in [2.45, 2.75) is 51.5 Å². The molecule has 3 rings (SSSR count). The van der Waals surface area contributed by atoms with Crippen LogP contribution >= 0.6 is 11.6 Å². The van der Waals surface area contributed by atoms with Gasteiger partial charge < -0.3 is 15.5 Å². The summed E-state index contributed by atoms with van der Waals surface area (Å²) in [7, 11) is 0. The fraction of sp³-hybridized carbons (Fsp3) is 0.667. The Balaban J connectivity index is 1.28. The van der Waals surface area contributed by atoms with Gasteiger partial charge in [0.1, 0.15) is 0 Å². The monoisotopic (exact) mass is 392 g/mol. The van der Waals surface area contributed by atoms with Crippen molar-refractivity contribution in [3.8, 4) is 0 Å². The van der Waals surface area contributed by atoms with Gasteiger partial charge in [0, 0.05) is 49.5 Å². The average molecular weight is 393 g/mol. The van der Waals surface area contributed by atoms with Crippen LogP contribution in [0.3, 0.4) is 0 Å². The highest BCUT2D eigenvalue weighted by Crippen LogP contribution is 2.23. The van der Waals surface area contributed by atoms with E-state index in [4.69, 9.17) is 11.6 Å². The number of urea groups is 1. The van der Waals surface area contributed by atoms with Crippen LogP contribution in [0.15, 0.2) is 18.2 Å². The van der Waals surface area contributed by atoms with Gasteiger partial charge in [0.05, 0.1) is 0 Å². The summed E-state index contributed by atoms with van der Waals surface area (Å²) in [5.74, 6) is 0. The van der Waals surface area contributed by atoms with Crippen LogP contribution in [0, 0.1) is 6.92 Å². The third-order valence-corrected chi connectivity index (χ3v) is 6.27. The Hall–Kier alpha value is -1.30. The SMILES string of the molecule is Cc1cc(NC(=O)NCCCN2CCN(C3CCCCC3)CC2)ccc1Cl. The second kappa shape index (κ2) is 10.3. The fourth-order valence-electron chi connectivity index (χ4n) is 4.20. The van der Waals surface area contributed by atoms with Crippen molar-refractivity contribution in [3.63, 3.8) is 0 Å². The van der Waals surface area contributed by atoms with Gasteiger partial charge in [-0.15, -0.1) is 0 Å². The standard InChI is InChI=1S/C21H33ClN4O/c1-17-16-18(8-9-20(17)22)24-21(27)23-10-5-11-25-12-14-26(15-13-25)19-6-3-2-4-7-19/h8-9,16,19H,2-7,10-15H2,1H3,(H2,23,24,27). The molecule has 1 heterocycles. The number of nitrogens with zero attached hydrogens (tertiary/aromatic N) is 2. The van der Waals surface area contributed by atoms with Crippen molar-refractivity contribution in [3.05, 3.63) is 28.8 Å². The molecule has 1 aliphatic carbocycles. The molecule has 1 saturated heterocycles. The first-order chi connectivity index (χ1) is 13.1. The molecule has 2 N–H and O–H groups in total. The number of carbonyl (C=O) groups excluding carboxylic acids is 1. The molecule has 1 saturated carbocycles. The number of aryl methyl sites for hydroxylation is 1. The lowest BCUT2D eigenvalue weighted by Crippen LogP contribution is -2.51. The highest BCUT2D eigenvalue weighted by Gasteiger charge is 2.24. The van der Waals surface area contributed by atoms with E-state index in [0.717, 1.165) is 43.3 Å². The minimum Gasteiger partial charge on any atom is -0.338 e. The van der Waals surface area contributed by atoms with Crippen molar-refractivity contribution < 1.29 is 4.79 Å². The smallest absolute Gasteiger partial charge is 0.319 e. The summed E-state index contributed by atoms with van der Waals surface area (Å²) in [4.78, 5) is 17.2. The molecule has 2 fully saturated rings. The van der Waals surface area contributed by atoms with Crippen LogP contribution < -0.4 is 10.6 Å². The van der Waals surface area contributed by atoms with Crippen LogP contribution in [0.2, 0.25) is 5.02 Å². The summed E-state index contributed by atoms with van der Waals surface area (Å²) in [6, 6.07) is 6.19. The predicted octanol–water partition coefficient (Wildman–Crippen LogP) is 4.11. The van der Waals surface area contributed by atoms with Crippen LogP contribution in [0.4, 0.5) is 10.5 Å². The van der Waals surface area contributed by atoms with Gasteiger partial charge in [0.25, 0.3) is 0 Å². The zero-order chi connectivity index (χ0) is 19.1. The molecule has 6 heteroatoms. The average Bonchev–Trinajstić information content (AvgIpc) is 2.69. The van der Waals surface area contributed by atoms with Crippen LogP contribution in [-0.4, -0.2) is 61.1 Å². The maximum atomic E-state index is 12.0. The van der Waals surface area contributed by atoms with E-state index in [1.165, 1.54) is 45.2 Å². The summed E-state index contributed by atoms with van der Waals surface area (Å²) < 4.78 is 0. The molecule has 150 valence electrons. The second-order valence-corrected chi connectivity index (χ2v) is 8.28. The number of benzene rings is 1. The van der Waals surface area contributed by atoms with E-state index < -0.39 is 0 Å². The largest absolute Gasteiger partial charge is 0.338 e. The molecule has 2 aliphatic rings. The van der Waals surface area contributed by atoms with E-state index in [0.29, 0.717) is 11.6 Å². The number of nitrogens with one attached hydrogen (secondary N) is 2. The van der Waals surface area contributed by atoms with E-state index in [1.54, 1.807) is 6.07 Å². The Morgan fingerprint density at radius 3 is 2.59 bits per heavy atom. The molecule has 0 radical (unpaired) electrons. The van der Waals surface area contributed by atoms with Crippen molar-refractivity contribution in [2.24, 2.45) is 0 Å². The summed E-state index contributed by atoms with van der Waals surface area (Å²) in [6.07, 6.45) is 8.02. The Kier molecular flexibility index (Phi) is 7.80. The molecular weight excluding hydrogens is 360 g/mol. The lowest BCUT2D eigenvalue weighted by atomic mass is 9.94. The number of amides is 2. The van der Waals surface area contributed by atoms with Gasteiger partial charge in [-0.05, 0) is 56.5 Å². The van der Waals surface area contributed by atoms with Gasteiger partial charge in [-0.3, -0.25) is 4.90 Å². The van der Waals surface area contributed by atoms with Gasteiger partial charge in [-0.2, -0.15) is 0 Å². The number of carbonyl (C=O) groups is 1. The third kappa shape index (κ3) is 6.37. The van der Waals surface area contributed by atoms with Gasteiger partial charge in [0.2, 0.25) is 0 Å². The number of anilines is 1. The van der Waals surface area contributed by atoms with E-state index in [1.807, 2.05) is 19.1 Å². The molecular formula is C21H33ClN4O. The lowest BCUT2D eigenvalue weighted by Gasteiger charge is -2.40. The lowest BCUT2D eigenvalue weighted by molar-refractivity contribution is 0.0786. The Labute approximate surface area is 168 Å². The van der Waals surface area contributed by atoms with E-state index in [9.17, 15) is 4.79 Å². The van der Waals surface area contributed by atoms with E-state index in [2.05, 4.69) is 20.4 Å². The fourth-order valence-corrected chi connectivity index (χ4v) is 4.32. The summed E-state index contributed by atoms with van der Waals surface area (Å²) in [5.41, 5.74) is 1.73. The summed E-state index contributed by atoms with van der Waals surface area (Å²) in [6.45, 7) is 8.40. The van der Waals surface area contributed by atoms with Crippen molar-refractivity contribution in [2.75, 3.05) is 44.6 Å². The van der Waals surface area contributed by atoms with E-state index in [-0.39, 0.29) is 6.03 Å². The maximum absolute atomic E-state index is 12.0. The van der Waals surface area contributed by atoms with Crippen molar-refractivity contribution >= 4 is 23.3 Å². The zero-order valence-corrected chi connectivity index (χ0v) is 17.2. The second-order valence-electron chi connectivity index (χ2n) is 7.87. The van der Waals surface area contributed by atoms with Gasteiger partial charge in [-0.25, -0.2) is 4.79 Å². The molecule has 2 amide bonds. The van der Waals surface area contributed by atoms with Gasteiger partial charge in [0.15, 0.2) is 0 Å². The Morgan fingerprint density at radius 2 is 1.89 bits per heavy atom. The molecule has 0 aromatic heterocycles. The molecule has 1 aliphatic heterocycles. The quantitative estimate of drug-likeness (QED) is 0.716. The molecule has 0 bridgehead atoms. The topological polar surface area (TPSA) is 47.6 Å². The van der Waals surface area contributed by atoms with Crippen LogP contribution in [0.1, 0.15) is 44.1 Å². The number of piperazine rings is 1. The molecule has 0 atom stereocenters. The van der Waals surface area contributed by atoms with Crippen LogP contribution in [0.5, 0.6) is 0 Å². The maximum Gasteiger partial charge on any atom is 0.319 e. The molecule has 1 aromatic carbocycles. The first kappa shape index (κ1) is 20.4. The normalized spacial score (nSPS) is 19.8. The molecule has 0 spiro atoms. The third-order valence-electron chi connectivity index (χ3n) is 5.85. The van der Waals surface area contributed by atoms with E-state index >= 15 is 0 Å². The molecule has 27 heavy (non-hydrogen) atoms. The minimum atomic E-state index is -0.154. The van der Waals surface area contributed by atoms with Gasteiger partial charge >= 0.3 is 6.03 Å². The molecule has 1 aromatic rings. The summed E-state index contributed by atoms with van der Waals surface area (Å²) in [5, 5.41) is 6.52. The Morgan fingerprint density at radius 1 is 1.15 bits per heavy atom. The number of hydrogen-bond donors (Lipinski definition) is 2. The number of halogens is 1. The molecule has 5 nitrogen and oxygen atoms in total. The predicted molar refractivity (Wildman–Crippen MR) is 113 cm³/mol. The summed E-state index contributed by atoms with van der Waals surface area (Å²) >= 11 is 6.01. The molecule has 0 unspecified atom stereocenters. The van der Waals surface area contributed by atoms with Gasteiger partial charge in [-0.1, -0.05) is 30.9 Å². The zero-order valence-electron chi connectivity index (χ0n) is 16.5. The Bertz CT molecular complexity index is 610. The minimum absolute atomic E-state index is 0.154. The highest BCUT2D eigenvalue weighted by atomic mass is 35.5. The van der Waals surface area contributed by atoms with Crippen molar-refractivity contribution in [1.82, 2.24) is 15.1 Å². The first-order valence-corrected chi connectivity index (χ1v) is 10.8. The number of rotatable bonds is 6. The van der Waals surface area contributed by atoms with Crippen LogP contribution in [0.25, 0.3) is 0 Å². The van der Waals surface area contributed by atoms with Crippen molar-refractivity contribution in [1.29, 1.82) is 0 Å².